The summed E-state index contributed by atoms with van der Waals surface area (Å²) in [6, 6.07) is 9.47. The Labute approximate surface area is 155 Å². The van der Waals surface area contributed by atoms with Crippen LogP contribution in [0.15, 0.2) is 42.6 Å². The number of nitrogens with zero attached hydrogens (tertiary/aromatic N) is 1. The Hall–Kier alpha value is -2.82. The number of ether oxygens (including phenoxy) is 2. The molecule has 1 aromatic heterocycles. The van der Waals surface area contributed by atoms with E-state index >= 15 is 0 Å². The summed E-state index contributed by atoms with van der Waals surface area (Å²) in [5.41, 5.74) is 2.79. The minimum Gasteiger partial charge on any atom is -0.493 e. The van der Waals surface area contributed by atoms with E-state index in [1.165, 1.54) is 6.08 Å². The molecule has 2 rings (SSSR count). The van der Waals surface area contributed by atoms with Crippen molar-refractivity contribution in [2.45, 2.75) is 33.2 Å². The highest BCUT2D eigenvalue weighted by Gasteiger charge is 2.05. The van der Waals surface area contributed by atoms with E-state index in [0.717, 1.165) is 29.7 Å². The SMILES string of the molecule is CCCCOc1ccc(/C=C/C(=O)NCc2ncccc2C)cc1OC. The summed E-state index contributed by atoms with van der Waals surface area (Å²) in [5, 5.41) is 2.84. The Morgan fingerprint density at radius 1 is 1.27 bits per heavy atom. The molecule has 0 aliphatic heterocycles. The van der Waals surface area contributed by atoms with E-state index in [9.17, 15) is 4.79 Å². The molecule has 0 aliphatic rings. The van der Waals surface area contributed by atoms with Crippen LogP contribution in [-0.2, 0) is 11.3 Å². The average molecular weight is 354 g/mol. The van der Waals surface area contributed by atoms with Crippen LogP contribution in [0.5, 0.6) is 11.5 Å². The lowest BCUT2D eigenvalue weighted by atomic mass is 10.2. The minimum absolute atomic E-state index is 0.169. The van der Waals surface area contributed by atoms with Gasteiger partial charge in [0.15, 0.2) is 11.5 Å². The summed E-state index contributed by atoms with van der Waals surface area (Å²) in [7, 11) is 1.61. The number of pyridine rings is 1. The zero-order valence-electron chi connectivity index (χ0n) is 15.6. The highest BCUT2D eigenvalue weighted by atomic mass is 16.5. The van der Waals surface area contributed by atoms with E-state index in [1.54, 1.807) is 19.4 Å². The molecule has 0 spiro atoms. The minimum atomic E-state index is -0.169. The fourth-order valence-corrected chi connectivity index (χ4v) is 2.34. The number of hydrogen-bond donors (Lipinski definition) is 1. The smallest absolute Gasteiger partial charge is 0.244 e. The second-order valence-corrected chi connectivity index (χ2v) is 5.93. The molecule has 0 bridgehead atoms. The zero-order chi connectivity index (χ0) is 18.8. The van der Waals surface area contributed by atoms with Crippen LogP contribution in [0.1, 0.15) is 36.6 Å². The Kier molecular flexibility index (Phi) is 7.68. The van der Waals surface area contributed by atoms with Crippen molar-refractivity contribution in [1.29, 1.82) is 0 Å². The van der Waals surface area contributed by atoms with Crippen molar-refractivity contribution in [2.75, 3.05) is 13.7 Å². The van der Waals surface area contributed by atoms with Gasteiger partial charge in [0.1, 0.15) is 0 Å². The number of aromatic nitrogens is 1. The first-order valence-corrected chi connectivity index (χ1v) is 8.81. The van der Waals surface area contributed by atoms with E-state index in [0.29, 0.717) is 24.7 Å². The molecule has 2 aromatic rings. The molecule has 0 atom stereocenters. The van der Waals surface area contributed by atoms with Gasteiger partial charge in [-0.05, 0) is 48.7 Å². The van der Waals surface area contributed by atoms with E-state index in [2.05, 4.69) is 17.2 Å². The van der Waals surface area contributed by atoms with Crippen molar-refractivity contribution in [3.8, 4) is 11.5 Å². The third kappa shape index (κ3) is 5.92. The van der Waals surface area contributed by atoms with E-state index in [-0.39, 0.29) is 5.91 Å². The third-order valence-electron chi connectivity index (χ3n) is 3.92. The average Bonchev–Trinajstić information content (AvgIpc) is 2.66. The highest BCUT2D eigenvalue weighted by Crippen LogP contribution is 2.28. The quantitative estimate of drug-likeness (QED) is 0.548. The van der Waals surface area contributed by atoms with E-state index in [4.69, 9.17) is 9.47 Å². The number of hydrogen-bond acceptors (Lipinski definition) is 4. The van der Waals surface area contributed by atoms with Crippen molar-refractivity contribution >= 4 is 12.0 Å². The number of unbranched alkanes of at least 4 members (excludes halogenated alkanes) is 1. The molecular weight excluding hydrogens is 328 g/mol. The number of rotatable bonds is 9. The summed E-state index contributed by atoms with van der Waals surface area (Å²) in [6.07, 6.45) is 7.06. The first-order valence-electron chi connectivity index (χ1n) is 8.81. The molecule has 5 heteroatoms. The van der Waals surface area contributed by atoms with E-state index in [1.807, 2.05) is 37.3 Å². The van der Waals surface area contributed by atoms with Crippen LogP contribution in [0, 0.1) is 6.92 Å². The van der Waals surface area contributed by atoms with Crippen molar-refractivity contribution < 1.29 is 14.3 Å². The van der Waals surface area contributed by atoms with Crippen molar-refractivity contribution in [3.05, 3.63) is 59.4 Å². The molecule has 0 saturated carbocycles. The van der Waals surface area contributed by atoms with Gasteiger partial charge in [-0.3, -0.25) is 9.78 Å². The highest BCUT2D eigenvalue weighted by molar-refractivity contribution is 5.91. The maximum Gasteiger partial charge on any atom is 0.244 e. The first kappa shape index (κ1) is 19.5. The maximum absolute atomic E-state index is 12.0. The summed E-state index contributed by atoms with van der Waals surface area (Å²) in [4.78, 5) is 16.3. The molecule has 1 heterocycles. The summed E-state index contributed by atoms with van der Waals surface area (Å²) >= 11 is 0. The standard InChI is InChI=1S/C21H26N2O3/c1-4-5-13-26-19-10-8-17(14-20(19)25-3)9-11-21(24)23-15-18-16(2)7-6-12-22-18/h6-12,14H,4-5,13,15H2,1-3H3,(H,23,24)/b11-9+. The molecule has 1 aromatic carbocycles. The van der Waals surface area contributed by atoms with Crippen LogP contribution in [-0.4, -0.2) is 24.6 Å². The maximum atomic E-state index is 12.0. The second-order valence-electron chi connectivity index (χ2n) is 5.93. The van der Waals surface area contributed by atoms with Gasteiger partial charge in [0.2, 0.25) is 5.91 Å². The summed E-state index contributed by atoms with van der Waals surface area (Å²) in [6.45, 7) is 5.16. The number of nitrogens with one attached hydrogen (secondary N) is 1. The second kappa shape index (κ2) is 10.2. The zero-order valence-corrected chi connectivity index (χ0v) is 15.6. The largest absolute Gasteiger partial charge is 0.493 e. The van der Waals surface area contributed by atoms with Crippen molar-refractivity contribution in [1.82, 2.24) is 10.3 Å². The third-order valence-corrected chi connectivity index (χ3v) is 3.92. The van der Waals surface area contributed by atoms with Crippen LogP contribution in [0.2, 0.25) is 0 Å². The number of carbonyl (C=O) groups is 1. The van der Waals surface area contributed by atoms with E-state index < -0.39 is 0 Å². The molecule has 5 nitrogen and oxygen atoms in total. The van der Waals surface area contributed by atoms with Gasteiger partial charge >= 0.3 is 0 Å². The molecule has 1 N–H and O–H groups in total. The molecule has 0 aliphatic carbocycles. The Morgan fingerprint density at radius 2 is 2.12 bits per heavy atom. The van der Waals surface area contributed by atoms with Crippen LogP contribution < -0.4 is 14.8 Å². The van der Waals surface area contributed by atoms with Gasteiger partial charge in [-0.2, -0.15) is 0 Å². The monoisotopic (exact) mass is 354 g/mol. The lowest BCUT2D eigenvalue weighted by Crippen LogP contribution is -2.21. The van der Waals surface area contributed by atoms with Crippen LogP contribution in [0.3, 0.4) is 0 Å². The van der Waals surface area contributed by atoms with Crippen molar-refractivity contribution in [3.63, 3.8) is 0 Å². The fraction of sp³-hybridized carbons (Fsp3) is 0.333. The first-order chi connectivity index (χ1) is 12.6. The predicted molar refractivity (Wildman–Crippen MR) is 103 cm³/mol. The van der Waals surface area contributed by atoms with Gasteiger partial charge in [-0.15, -0.1) is 0 Å². The number of carbonyl (C=O) groups excluding carboxylic acids is 1. The molecule has 26 heavy (non-hydrogen) atoms. The molecular formula is C21H26N2O3. The van der Waals surface area contributed by atoms with Gasteiger partial charge < -0.3 is 14.8 Å². The molecule has 138 valence electrons. The number of benzene rings is 1. The van der Waals surface area contributed by atoms with Crippen LogP contribution in [0.4, 0.5) is 0 Å². The normalized spacial score (nSPS) is 10.7. The Balaban J connectivity index is 1.94. The van der Waals surface area contributed by atoms with Crippen molar-refractivity contribution in [2.24, 2.45) is 0 Å². The van der Waals surface area contributed by atoms with Crippen LogP contribution in [0.25, 0.3) is 6.08 Å². The lowest BCUT2D eigenvalue weighted by molar-refractivity contribution is -0.116. The van der Waals surface area contributed by atoms with Gasteiger partial charge in [-0.25, -0.2) is 0 Å². The molecule has 0 saturated heterocycles. The Bertz CT molecular complexity index is 757. The molecule has 1 amide bonds. The van der Waals surface area contributed by atoms with Gasteiger partial charge in [0.05, 0.1) is 26.0 Å². The number of amides is 1. The molecule has 0 fully saturated rings. The topological polar surface area (TPSA) is 60.5 Å². The fourth-order valence-electron chi connectivity index (χ4n) is 2.34. The van der Waals surface area contributed by atoms with Gasteiger partial charge in [0, 0.05) is 12.3 Å². The summed E-state index contributed by atoms with van der Waals surface area (Å²) < 4.78 is 11.1. The molecule has 0 unspecified atom stereocenters. The van der Waals surface area contributed by atoms with Crippen LogP contribution >= 0.6 is 0 Å². The lowest BCUT2D eigenvalue weighted by Gasteiger charge is -2.11. The Morgan fingerprint density at radius 3 is 2.85 bits per heavy atom. The van der Waals surface area contributed by atoms with Gasteiger partial charge in [-0.1, -0.05) is 25.5 Å². The number of methoxy groups -OCH3 is 1. The number of aryl methyl sites for hydroxylation is 1. The summed E-state index contributed by atoms with van der Waals surface area (Å²) in [5.74, 6) is 1.21. The van der Waals surface area contributed by atoms with Gasteiger partial charge in [0.25, 0.3) is 0 Å². The predicted octanol–water partition coefficient (Wildman–Crippen LogP) is 3.91. The molecule has 0 radical (unpaired) electrons.